The molecule has 1 fully saturated rings. The Bertz CT molecular complexity index is 318. The Morgan fingerprint density at radius 2 is 1.79 bits per heavy atom. The van der Waals surface area contributed by atoms with Gasteiger partial charge in [0.05, 0.1) is 0 Å². The first-order valence-electron chi connectivity index (χ1n) is 7.12. The van der Waals surface area contributed by atoms with Crippen LogP contribution < -0.4 is 5.84 Å². The van der Waals surface area contributed by atoms with Crippen LogP contribution in [0.25, 0.3) is 0 Å². The fourth-order valence-electron chi connectivity index (χ4n) is 2.76. The van der Waals surface area contributed by atoms with Gasteiger partial charge in [0.25, 0.3) is 0 Å². The van der Waals surface area contributed by atoms with Crippen LogP contribution in [0.1, 0.15) is 39.0 Å². The largest absolute Gasteiger partial charge is 0.308 e. The van der Waals surface area contributed by atoms with Gasteiger partial charge < -0.3 is 4.90 Å². The van der Waals surface area contributed by atoms with E-state index in [1.165, 1.54) is 5.01 Å². The van der Waals surface area contributed by atoms with Crippen LogP contribution in [0, 0.1) is 11.8 Å². The first kappa shape index (κ1) is 16.1. The van der Waals surface area contributed by atoms with E-state index in [4.69, 9.17) is 5.84 Å². The second kappa shape index (κ2) is 7.60. The Balaban J connectivity index is 2.47. The lowest BCUT2D eigenvalue weighted by molar-refractivity contribution is -0.134. The number of Topliss-reactive ketones (excluding diaryl/α,β-unsaturated/α-hetero) is 1. The Hall–Kier alpha value is -0.940. The molecule has 0 heterocycles. The Morgan fingerprint density at radius 3 is 2.37 bits per heavy atom. The molecule has 19 heavy (non-hydrogen) atoms. The molecule has 2 N–H and O–H groups in total. The van der Waals surface area contributed by atoms with Crippen LogP contribution in [-0.2, 0) is 9.59 Å². The smallest absolute Gasteiger partial charge is 0.236 e. The molecule has 0 unspecified atom stereocenters. The number of rotatable bonds is 6. The van der Waals surface area contributed by atoms with Crippen LogP contribution >= 0.6 is 0 Å². The van der Waals surface area contributed by atoms with E-state index in [0.29, 0.717) is 13.0 Å². The molecule has 2 atom stereocenters. The standard InChI is InChI=1S/C14H27N3O2/c1-11(18)13-7-5-4-6-12(13)10-14(19)17(15)9-8-16(2)3/h12-13H,4-10,15H2,1-3H3/t12-,13+/m1/s1. The van der Waals surface area contributed by atoms with E-state index in [9.17, 15) is 9.59 Å². The molecule has 0 aromatic carbocycles. The third-order valence-electron chi connectivity index (χ3n) is 3.98. The van der Waals surface area contributed by atoms with E-state index in [0.717, 1.165) is 32.2 Å². The van der Waals surface area contributed by atoms with Crippen molar-refractivity contribution in [1.29, 1.82) is 0 Å². The number of hydrazine groups is 1. The summed E-state index contributed by atoms with van der Waals surface area (Å²) >= 11 is 0. The molecular formula is C14H27N3O2. The molecule has 0 aromatic rings. The fraction of sp³-hybridized carbons (Fsp3) is 0.857. The van der Waals surface area contributed by atoms with Crippen LogP contribution in [-0.4, -0.2) is 48.8 Å². The summed E-state index contributed by atoms with van der Waals surface area (Å²) in [4.78, 5) is 25.7. The van der Waals surface area contributed by atoms with Crippen molar-refractivity contribution in [2.45, 2.75) is 39.0 Å². The number of carbonyl (C=O) groups excluding carboxylic acids is 2. The van der Waals surface area contributed by atoms with Gasteiger partial charge in [-0.3, -0.25) is 14.6 Å². The summed E-state index contributed by atoms with van der Waals surface area (Å²) < 4.78 is 0. The molecule has 5 heteroatoms. The van der Waals surface area contributed by atoms with Crippen LogP contribution in [0.15, 0.2) is 0 Å². The number of ketones is 1. The SMILES string of the molecule is CC(=O)[C@@H]1CCCC[C@@H]1CC(=O)N(N)CCN(C)C. The molecule has 110 valence electrons. The van der Waals surface area contributed by atoms with Crippen molar-refractivity contribution in [3.63, 3.8) is 0 Å². The minimum Gasteiger partial charge on any atom is -0.308 e. The van der Waals surface area contributed by atoms with Crippen LogP contribution in [0.2, 0.25) is 0 Å². The predicted octanol–water partition coefficient (Wildman–Crippen LogP) is 1.04. The Labute approximate surface area is 116 Å². The maximum absolute atomic E-state index is 12.1. The third kappa shape index (κ3) is 5.28. The van der Waals surface area contributed by atoms with Crippen molar-refractivity contribution in [2.75, 3.05) is 27.2 Å². The van der Waals surface area contributed by atoms with E-state index >= 15 is 0 Å². The Kier molecular flexibility index (Phi) is 6.45. The zero-order valence-electron chi connectivity index (χ0n) is 12.4. The lowest BCUT2D eigenvalue weighted by atomic mass is 9.75. The normalized spacial score (nSPS) is 23.4. The first-order chi connectivity index (χ1) is 8.91. The van der Waals surface area contributed by atoms with E-state index in [1.807, 2.05) is 19.0 Å². The summed E-state index contributed by atoms with van der Waals surface area (Å²) in [5, 5.41) is 1.30. The van der Waals surface area contributed by atoms with Gasteiger partial charge in [0.1, 0.15) is 5.78 Å². The van der Waals surface area contributed by atoms with Crippen LogP contribution in [0.5, 0.6) is 0 Å². The van der Waals surface area contributed by atoms with Gasteiger partial charge in [0.15, 0.2) is 0 Å². The number of amides is 1. The summed E-state index contributed by atoms with van der Waals surface area (Å²) in [5.41, 5.74) is 0. The quantitative estimate of drug-likeness (QED) is 0.444. The molecule has 1 rings (SSSR count). The van der Waals surface area contributed by atoms with Gasteiger partial charge in [-0.25, -0.2) is 5.84 Å². The topological polar surface area (TPSA) is 66.6 Å². The van der Waals surface area contributed by atoms with Crippen LogP contribution in [0.3, 0.4) is 0 Å². The summed E-state index contributed by atoms with van der Waals surface area (Å²) in [6.07, 6.45) is 4.52. The second-order valence-electron chi connectivity index (χ2n) is 5.86. The second-order valence-corrected chi connectivity index (χ2v) is 5.86. The zero-order valence-corrected chi connectivity index (χ0v) is 12.4. The molecule has 1 amide bonds. The van der Waals surface area contributed by atoms with E-state index in [2.05, 4.69) is 0 Å². The molecular weight excluding hydrogens is 242 g/mol. The summed E-state index contributed by atoms with van der Waals surface area (Å²) in [6.45, 7) is 2.92. The summed E-state index contributed by atoms with van der Waals surface area (Å²) in [6, 6.07) is 0. The molecule has 0 aliphatic heterocycles. The van der Waals surface area contributed by atoms with Gasteiger partial charge in [0.2, 0.25) is 5.91 Å². The molecule has 0 saturated heterocycles. The van der Waals surface area contributed by atoms with Gasteiger partial charge in [-0.05, 0) is 39.8 Å². The molecule has 0 radical (unpaired) electrons. The number of hydrogen-bond acceptors (Lipinski definition) is 4. The average molecular weight is 269 g/mol. The lowest BCUT2D eigenvalue weighted by Gasteiger charge is -2.30. The number of nitrogens with zero attached hydrogens (tertiary/aromatic N) is 2. The molecule has 0 bridgehead atoms. The third-order valence-corrected chi connectivity index (χ3v) is 3.98. The van der Waals surface area contributed by atoms with E-state index in [-0.39, 0.29) is 23.5 Å². The van der Waals surface area contributed by atoms with Crippen molar-refractivity contribution in [2.24, 2.45) is 17.7 Å². The summed E-state index contributed by atoms with van der Waals surface area (Å²) in [5.74, 6) is 6.19. The van der Waals surface area contributed by atoms with Gasteiger partial charge in [0, 0.05) is 25.4 Å². The minimum atomic E-state index is -0.0417. The van der Waals surface area contributed by atoms with Crippen molar-refractivity contribution >= 4 is 11.7 Å². The molecule has 0 spiro atoms. The van der Waals surface area contributed by atoms with E-state index < -0.39 is 0 Å². The highest BCUT2D eigenvalue weighted by molar-refractivity contribution is 5.81. The van der Waals surface area contributed by atoms with Gasteiger partial charge in [-0.15, -0.1) is 0 Å². The predicted molar refractivity (Wildman–Crippen MR) is 75.2 cm³/mol. The van der Waals surface area contributed by atoms with Crippen molar-refractivity contribution in [3.8, 4) is 0 Å². The van der Waals surface area contributed by atoms with Gasteiger partial charge in [-0.2, -0.15) is 0 Å². The highest BCUT2D eigenvalue weighted by Crippen LogP contribution is 2.33. The van der Waals surface area contributed by atoms with Gasteiger partial charge in [-0.1, -0.05) is 12.8 Å². The highest BCUT2D eigenvalue weighted by Gasteiger charge is 2.30. The zero-order chi connectivity index (χ0) is 14.4. The number of hydrogen-bond donors (Lipinski definition) is 1. The molecule has 5 nitrogen and oxygen atoms in total. The van der Waals surface area contributed by atoms with E-state index in [1.54, 1.807) is 6.92 Å². The maximum atomic E-state index is 12.1. The lowest BCUT2D eigenvalue weighted by Crippen LogP contribution is -2.43. The first-order valence-corrected chi connectivity index (χ1v) is 7.12. The number of nitrogens with two attached hydrogens (primary N) is 1. The highest BCUT2D eigenvalue weighted by atomic mass is 16.2. The Morgan fingerprint density at radius 1 is 1.16 bits per heavy atom. The monoisotopic (exact) mass is 269 g/mol. The number of likely N-dealkylation sites (N-methyl/N-ethyl adjacent to an activating group) is 1. The summed E-state index contributed by atoms with van der Waals surface area (Å²) in [7, 11) is 3.90. The fourth-order valence-corrected chi connectivity index (χ4v) is 2.76. The molecule has 1 aliphatic carbocycles. The molecule has 1 saturated carbocycles. The van der Waals surface area contributed by atoms with Crippen molar-refractivity contribution in [3.05, 3.63) is 0 Å². The maximum Gasteiger partial charge on any atom is 0.236 e. The van der Waals surface area contributed by atoms with Crippen molar-refractivity contribution < 1.29 is 9.59 Å². The van der Waals surface area contributed by atoms with Gasteiger partial charge >= 0.3 is 0 Å². The molecule has 1 aliphatic rings. The molecule has 0 aromatic heterocycles. The van der Waals surface area contributed by atoms with Crippen molar-refractivity contribution in [1.82, 2.24) is 9.91 Å². The number of carbonyl (C=O) groups is 2. The van der Waals surface area contributed by atoms with Crippen LogP contribution in [0.4, 0.5) is 0 Å². The average Bonchev–Trinajstić information content (AvgIpc) is 2.36. The minimum absolute atomic E-state index is 0.0417.